The van der Waals surface area contributed by atoms with Crippen molar-refractivity contribution in [3.05, 3.63) is 57.9 Å². The first-order chi connectivity index (χ1) is 12.5. The predicted octanol–water partition coefficient (Wildman–Crippen LogP) is 2.99. The molecule has 9 heteroatoms. The number of carbonyl (C=O) groups excluding carboxylic acids is 1. The maximum absolute atomic E-state index is 12.8. The molecule has 0 fully saturated rings. The number of esters is 1. The Morgan fingerprint density at radius 3 is 2.27 bits per heavy atom. The van der Waals surface area contributed by atoms with Crippen LogP contribution in [-0.4, -0.2) is 38.3 Å². The summed E-state index contributed by atoms with van der Waals surface area (Å²) in [6.07, 6.45) is 0. The Hall–Kier alpha value is -3.36. The molecule has 0 aliphatic heterocycles. The highest BCUT2D eigenvalue weighted by molar-refractivity contribution is 5.95. The third kappa shape index (κ3) is 4.59. The molecule has 0 heterocycles. The summed E-state index contributed by atoms with van der Waals surface area (Å²) in [5, 5.41) is 11.2. The zero-order chi connectivity index (χ0) is 19.1. The quantitative estimate of drug-likeness (QED) is 0.307. The molecule has 2 rings (SSSR count). The minimum atomic E-state index is -0.902. The number of ether oxygens (including phenoxy) is 4. The highest BCUT2D eigenvalue weighted by Crippen LogP contribution is 2.34. The maximum atomic E-state index is 12.8. The normalized spacial score (nSPS) is 10.1. The van der Waals surface area contributed by atoms with E-state index >= 15 is 0 Å². The number of nitrogens with zero attached hydrogens (tertiary/aromatic N) is 1. The Labute approximate surface area is 148 Å². The second-order valence-corrected chi connectivity index (χ2v) is 4.92. The molecule has 138 valence electrons. The van der Waals surface area contributed by atoms with E-state index in [1.165, 1.54) is 44.6 Å². The summed E-state index contributed by atoms with van der Waals surface area (Å²) in [4.78, 5) is 22.6. The Kier molecular flexibility index (Phi) is 6.31. The van der Waals surface area contributed by atoms with E-state index < -0.39 is 22.4 Å². The molecule has 0 aromatic heterocycles. The van der Waals surface area contributed by atoms with Gasteiger partial charge in [0.25, 0.3) is 5.69 Å². The van der Waals surface area contributed by atoms with Crippen molar-refractivity contribution in [2.45, 2.75) is 0 Å². The van der Waals surface area contributed by atoms with Crippen LogP contribution in [0.15, 0.2) is 36.4 Å². The molecule has 26 heavy (non-hydrogen) atoms. The topological polar surface area (TPSA) is 97.1 Å². The average Bonchev–Trinajstić information content (AvgIpc) is 2.65. The van der Waals surface area contributed by atoms with E-state index in [1.807, 2.05) is 0 Å². The van der Waals surface area contributed by atoms with Gasteiger partial charge in [0.1, 0.15) is 30.3 Å². The van der Waals surface area contributed by atoms with Crippen molar-refractivity contribution in [1.29, 1.82) is 0 Å². The number of hydrogen-bond donors (Lipinski definition) is 0. The van der Waals surface area contributed by atoms with Gasteiger partial charge in [-0.05, 0) is 24.3 Å². The fraction of sp³-hybridized carbons (Fsp3) is 0.235. The van der Waals surface area contributed by atoms with Gasteiger partial charge < -0.3 is 18.9 Å². The zero-order valence-corrected chi connectivity index (χ0v) is 14.1. The molecule has 0 N–H and O–H groups in total. The molecule has 0 spiro atoms. The van der Waals surface area contributed by atoms with E-state index in [9.17, 15) is 19.3 Å². The van der Waals surface area contributed by atoms with Crippen LogP contribution in [0.25, 0.3) is 0 Å². The van der Waals surface area contributed by atoms with Gasteiger partial charge in [-0.1, -0.05) is 0 Å². The maximum Gasteiger partial charge on any atom is 0.345 e. The lowest BCUT2D eigenvalue weighted by atomic mass is 10.1. The largest absolute Gasteiger partial charge is 0.493 e. The van der Waals surface area contributed by atoms with E-state index in [1.54, 1.807) is 0 Å². The van der Waals surface area contributed by atoms with Crippen LogP contribution >= 0.6 is 0 Å². The van der Waals surface area contributed by atoms with Crippen molar-refractivity contribution in [1.82, 2.24) is 0 Å². The number of hydrogen-bond acceptors (Lipinski definition) is 7. The standard InChI is InChI=1S/C17H16FNO7/c1-23-15-9-13(14(19(21)22)10-16(15)24-2)17(20)26-8-7-25-12-5-3-11(18)4-6-12/h3-6,9-10H,7-8H2,1-2H3. The molecule has 0 aliphatic carbocycles. The molecular formula is C17H16FNO7. The van der Waals surface area contributed by atoms with Crippen LogP contribution in [0.2, 0.25) is 0 Å². The van der Waals surface area contributed by atoms with Crippen molar-refractivity contribution in [3.8, 4) is 17.2 Å². The summed E-state index contributed by atoms with van der Waals surface area (Å²) >= 11 is 0. The molecule has 0 saturated heterocycles. The van der Waals surface area contributed by atoms with Gasteiger partial charge in [-0.3, -0.25) is 10.1 Å². The number of nitro benzene ring substituents is 1. The number of halogens is 1. The lowest BCUT2D eigenvalue weighted by molar-refractivity contribution is -0.385. The van der Waals surface area contributed by atoms with E-state index in [-0.39, 0.29) is 30.3 Å². The highest BCUT2D eigenvalue weighted by Gasteiger charge is 2.25. The molecular weight excluding hydrogens is 349 g/mol. The Bertz CT molecular complexity index is 792. The van der Waals surface area contributed by atoms with Crippen LogP contribution in [0.3, 0.4) is 0 Å². The first kappa shape index (κ1) is 19.0. The average molecular weight is 365 g/mol. The minimum Gasteiger partial charge on any atom is -0.493 e. The van der Waals surface area contributed by atoms with Crippen LogP contribution in [0, 0.1) is 15.9 Å². The molecule has 0 aliphatic rings. The smallest absolute Gasteiger partial charge is 0.345 e. The van der Waals surface area contributed by atoms with Gasteiger partial charge in [0.15, 0.2) is 11.5 Å². The number of nitro groups is 1. The SMILES string of the molecule is COc1cc(C(=O)OCCOc2ccc(F)cc2)c([N+](=O)[O-])cc1OC. The molecule has 0 saturated carbocycles. The van der Waals surface area contributed by atoms with Gasteiger partial charge >= 0.3 is 5.97 Å². The Morgan fingerprint density at radius 1 is 1.08 bits per heavy atom. The molecule has 2 aromatic carbocycles. The lowest BCUT2D eigenvalue weighted by Crippen LogP contribution is -2.14. The Balaban J connectivity index is 2.03. The van der Waals surface area contributed by atoms with Crippen LogP contribution in [-0.2, 0) is 4.74 Å². The van der Waals surface area contributed by atoms with E-state index in [0.717, 1.165) is 6.07 Å². The second-order valence-electron chi connectivity index (χ2n) is 4.92. The van der Waals surface area contributed by atoms with E-state index in [0.29, 0.717) is 5.75 Å². The van der Waals surface area contributed by atoms with E-state index in [2.05, 4.69) is 0 Å². The minimum absolute atomic E-state index is 0.00153. The first-order valence-electron chi connectivity index (χ1n) is 7.42. The summed E-state index contributed by atoms with van der Waals surface area (Å²) in [5.74, 6) is -0.618. The third-order valence-electron chi connectivity index (χ3n) is 3.32. The lowest BCUT2D eigenvalue weighted by Gasteiger charge is -2.11. The monoisotopic (exact) mass is 365 g/mol. The molecule has 0 amide bonds. The van der Waals surface area contributed by atoms with Crippen LogP contribution in [0.5, 0.6) is 17.2 Å². The molecule has 0 radical (unpaired) electrons. The van der Waals surface area contributed by atoms with Gasteiger partial charge in [0.05, 0.1) is 25.2 Å². The molecule has 8 nitrogen and oxygen atoms in total. The molecule has 2 aromatic rings. The summed E-state index contributed by atoms with van der Waals surface area (Å²) in [7, 11) is 2.67. The predicted molar refractivity (Wildman–Crippen MR) is 88.4 cm³/mol. The fourth-order valence-electron chi connectivity index (χ4n) is 2.09. The van der Waals surface area contributed by atoms with Gasteiger partial charge in [0, 0.05) is 6.07 Å². The number of benzene rings is 2. The third-order valence-corrected chi connectivity index (χ3v) is 3.32. The van der Waals surface area contributed by atoms with Crippen LogP contribution < -0.4 is 14.2 Å². The Morgan fingerprint density at radius 2 is 1.69 bits per heavy atom. The van der Waals surface area contributed by atoms with Crippen LogP contribution in [0.1, 0.15) is 10.4 Å². The van der Waals surface area contributed by atoms with Crippen LogP contribution in [0.4, 0.5) is 10.1 Å². The molecule has 0 atom stereocenters. The second kappa shape index (κ2) is 8.65. The highest BCUT2D eigenvalue weighted by atomic mass is 19.1. The van der Waals surface area contributed by atoms with Crippen molar-refractivity contribution >= 4 is 11.7 Å². The molecule has 0 bridgehead atoms. The zero-order valence-electron chi connectivity index (χ0n) is 14.1. The number of methoxy groups -OCH3 is 2. The van der Waals surface area contributed by atoms with Crippen molar-refractivity contribution in [3.63, 3.8) is 0 Å². The molecule has 0 unspecified atom stereocenters. The summed E-state index contributed by atoms with van der Waals surface area (Å²) < 4.78 is 33.1. The van der Waals surface area contributed by atoms with Gasteiger partial charge in [-0.2, -0.15) is 0 Å². The fourth-order valence-corrected chi connectivity index (χ4v) is 2.09. The van der Waals surface area contributed by atoms with Crippen molar-refractivity contribution in [2.75, 3.05) is 27.4 Å². The van der Waals surface area contributed by atoms with E-state index in [4.69, 9.17) is 18.9 Å². The van der Waals surface area contributed by atoms with Gasteiger partial charge in [-0.25, -0.2) is 9.18 Å². The van der Waals surface area contributed by atoms with Crippen molar-refractivity contribution < 1.29 is 33.1 Å². The summed E-state index contributed by atoms with van der Waals surface area (Å²) in [5.41, 5.74) is -0.735. The number of rotatable bonds is 8. The summed E-state index contributed by atoms with van der Waals surface area (Å²) in [6, 6.07) is 7.58. The van der Waals surface area contributed by atoms with Gasteiger partial charge in [0.2, 0.25) is 0 Å². The van der Waals surface area contributed by atoms with Gasteiger partial charge in [-0.15, -0.1) is 0 Å². The van der Waals surface area contributed by atoms with Crippen molar-refractivity contribution in [2.24, 2.45) is 0 Å². The summed E-state index contributed by atoms with van der Waals surface area (Å²) in [6.45, 7) is -0.153. The number of carbonyl (C=O) groups is 1. The first-order valence-corrected chi connectivity index (χ1v) is 7.42.